The molecule has 2 rings (SSSR count). The van der Waals surface area contributed by atoms with Gasteiger partial charge in [-0.1, -0.05) is 27.0 Å². The average molecular weight is 503 g/mol. The van der Waals surface area contributed by atoms with Gasteiger partial charge in [-0.25, -0.2) is 0 Å². The van der Waals surface area contributed by atoms with Crippen molar-refractivity contribution in [2.75, 3.05) is 49.2 Å². The molecular weight excluding hydrogens is 468 g/mol. The van der Waals surface area contributed by atoms with Crippen LogP contribution >= 0.6 is 23.5 Å². The molecule has 0 spiro atoms. The van der Waals surface area contributed by atoms with E-state index in [2.05, 4.69) is 35.5 Å². The molecule has 184 valence electrons. The van der Waals surface area contributed by atoms with E-state index in [0.717, 1.165) is 11.5 Å². The third kappa shape index (κ3) is 7.10. The van der Waals surface area contributed by atoms with Gasteiger partial charge in [0.05, 0.1) is 12.1 Å². The van der Waals surface area contributed by atoms with Crippen molar-refractivity contribution < 1.29 is 9.59 Å². The molecule has 0 aliphatic carbocycles. The number of piperidine rings is 2. The van der Waals surface area contributed by atoms with E-state index in [-0.39, 0.29) is 11.8 Å². The average Bonchev–Trinajstić information content (AvgIpc) is 2.88. The van der Waals surface area contributed by atoms with E-state index in [1.54, 1.807) is 33.3 Å². The summed E-state index contributed by atoms with van der Waals surface area (Å²) in [5.41, 5.74) is -0.949. The molecule has 34 heavy (non-hydrogen) atoms. The van der Waals surface area contributed by atoms with Gasteiger partial charge < -0.3 is 9.80 Å². The van der Waals surface area contributed by atoms with Crippen molar-refractivity contribution in [3.63, 3.8) is 0 Å². The van der Waals surface area contributed by atoms with E-state index in [9.17, 15) is 20.1 Å². The minimum Gasteiger partial charge on any atom is -0.339 e. The number of likely N-dealkylation sites (tertiary alicyclic amines) is 2. The standard InChI is InChI=1S/C24H34N6O2S2/c1-5-33-15-19(3)21(31)29-11-7-23(17-25,8-12-29)27-28-24(18-26)9-13-30(14-10-24)22(32)20(4)16-34-6-2/h3-16H2,1-2H3. The second-order valence-corrected chi connectivity index (χ2v) is 11.1. The number of hydrogen-bond acceptors (Lipinski definition) is 8. The summed E-state index contributed by atoms with van der Waals surface area (Å²) >= 11 is 3.30. The van der Waals surface area contributed by atoms with Gasteiger partial charge in [0.1, 0.15) is 0 Å². The van der Waals surface area contributed by atoms with E-state index < -0.39 is 11.1 Å². The highest BCUT2D eigenvalue weighted by atomic mass is 32.2. The topological polar surface area (TPSA) is 113 Å². The third-order valence-corrected chi connectivity index (χ3v) is 8.09. The lowest BCUT2D eigenvalue weighted by Crippen LogP contribution is -2.47. The maximum atomic E-state index is 12.6. The Kier molecular flexibility index (Phi) is 10.7. The quantitative estimate of drug-likeness (QED) is 0.331. The van der Waals surface area contributed by atoms with Gasteiger partial charge in [0, 0.05) is 74.5 Å². The lowest BCUT2D eigenvalue weighted by Gasteiger charge is -2.37. The summed E-state index contributed by atoms with van der Waals surface area (Å²) in [6.45, 7) is 13.5. The zero-order chi connectivity index (χ0) is 25.2. The van der Waals surface area contributed by atoms with Crippen LogP contribution in [-0.4, -0.2) is 81.9 Å². The molecule has 10 heteroatoms. The SMILES string of the molecule is C=C(CSCC)C(=O)N1CCC(C#N)(N=NC2(C#N)CCN(C(=O)C(=C)CSCC)CC2)CC1. The second-order valence-electron chi connectivity index (χ2n) is 8.55. The number of amides is 2. The largest absolute Gasteiger partial charge is 0.339 e. The second kappa shape index (κ2) is 13.0. The van der Waals surface area contributed by atoms with E-state index in [1.165, 1.54) is 0 Å². The van der Waals surface area contributed by atoms with E-state index >= 15 is 0 Å². The zero-order valence-corrected chi connectivity index (χ0v) is 21.8. The molecule has 2 heterocycles. The van der Waals surface area contributed by atoms with E-state index in [0.29, 0.717) is 74.5 Å². The predicted octanol–water partition coefficient (Wildman–Crippen LogP) is 3.83. The normalized spacial score (nSPS) is 19.3. The van der Waals surface area contributed by atoms with Crippen molar-refractivity contribution in [3.05, 3.63) is 24.3 Å². The summed E-state index contributed by atoms with van der Waals surface area (Å²) in [7, 11) is 0. The van der Waals surface area contributed by atoms with Crippen LogP contribution in [0.15, 0.2) is 34.5 Å². The zero-order valence-electron chi connectivity index (χ0n) is 20.2. The molecule has 2 aliphatic rings. The molecule has 0 saturated carbocycles. The lowest BCUT2D eigenvalue weighted by molar-refractivity contribution is -0.129. The fourth-order valence-corrected chi connectivity index (χ4v) is 4.99. The molecule has 2 amide bonds. The first-order chi connectivity index (χ1) is 16.2. The van der Waals surface area contributed by atoms with Gasteiger partial charge in [-0.15, -0.1) is 0 Å². The van der Waals surface area contributed by atoms with Gasteiger partial charge in [-0.05, 0) is 11.5 Å². The molecular formula is C24H34N6O2S2. The third-order valence-electron chi connectivity index (χ3n) is 6.17. The summed E-state index contributed by atoms with van der Waals surface area (Å²) in [5, 5.41) is 28.5. The Bertz CT molecular complexity index is 816. The van der Waals surface area contributed by atoms with Crippen LogP contribution in [0.4, 0.5) is 0 Å². The Morgan fingerprint density at radius 3 is 1.38 bits per heavy atom. The maximum Gasteiger partial charge on any atom is 0.250 e. The highest BCUT2D eigenvalue weighted by molar-refractivity contribution is 7.99. The molecule has 2 saturated heterocycles. The van der Waals surface area contributed by atoms with Crippen LogP contribution in [0.25, 0.3) is 0 Å². The number of nitriles is 2. The van der Waals surface area contributed by atoms with Crippen molar-refractivity contribution >= 4 is 35.3 Å². The number of thioether (sulfide) groups is 2. The van der Waals surface area contributed by atoms with E-state index in [1.807, 2.05) is 13.8 Å². The lowest BCUT2D eigenvalue weighted by atomic mass is 9.88. The van der Waals surface area contributed by atoms with Crippen LogP contribution in [0.1, 0.15) is 39.5 Å². The number of carbonyl (C=O) groups excluding carboxylic acids is 2. The number of rotatable bonds is 10. The fraction of sp³-hybridized carbons (Fsp3) is 0.667. The van der Waals surface area contributed by atoms with Crippen LogP contribution in [0.2, 0.25) is 0 Å². The Morgan fingerprint density at radius 2 is 1.12 bits per heavy atom. The van der Waals surface area contributed by atoms with Gasteiger partial charge in [0.2, 0.25) is 11.8 Å². The van der Waals surface area contributed by atoms with E-state index in [4.69, 9.17) is 0 Å². The van der Waals surface area contributed by atoms with Crippen LogP contribution in [0.3, 0.4) is 0 Å². The first-order valence-corrected chi connectivity index (χ1v) is 13.9. The van der Waals surface area contributed by atoms with Crippen molar-refractivity contribution in [2.24, 2.45) is 10.2 Å². The molecule has 0 atom stereocenters. The van der Waals surface area contributed by atoms with Gasteiger partial charge in [-0.2, -0.15) is 44.3 Å². The van der Waals surface area contributed by atoms with Crippen molar-refractivity contribution in [2.45, 2.75) is 50.6 Å². The van der Waals surface area contributed by atoms with Gasteiger partial charge in [0.25, 0.3) is 0 Å². The molecule has 2 aliphatic heterocycles. The summed E-state index contributed by atoms with van der Waals surface area (Å²) in [4.78, 5) is 28.6. The van der Waals surface area contributed by atoms with Crippen LogP contribution < -0.4 is 0 Å². The van der Waals surface area contributed by atoms with Gasteiger partial charge in [-0.3, -0.25) is 9.59 Å². The number of hydrogen-bond donors (Lipinski definition) is 0. The molecule has 0 N–H and O–H groups in total. The fourth-order valence-electron chi connectivity index (χ4n) is 3.84. The summed E-state index contributed by atoms with van der Waals surface area (Å²) < 4.78 is 0. The minimum absolute atomic E-state index is 0.0751. The first kappa shape index (κ1) is 27.9. The highest BCUT2D eigenvalue weighted by Crippen LogP contribution is 2.32. The number of carbonyl (C=O) groups is 2. The molecule has 0 aromatic rings. The Balaban J connectivity index is 1.97. The molecule has 0 radical (unpaired) electrons. The molecule has 0 unspecified atom stereocenters. The Morgan fingerprint density at radius 1 is 0.794 bits per heavy atom. The van der Waals surface area contributed by atoms with Crippen molar-refractivity contribution in [1.29, 1.82) is 10.5 Å². The first-order valence-electron chi connectivity index (χ1n) is 11.6. The Hall–Kier alpha value is -2.30. The molecule has 0 bridgehead atoms. The van der Waals surface area contributed by atoms with Gasteiger partial charge >= 0.3 is 0 Å². The smallest absolute Gasteiger partial charge is 0.250 e. The summed E-state index contributed by atoms with van der Waals surface area (Å²) in [6.07, 6.45) is 1.48. The molecule has 2 fully saturated rings. The monoisotopic (exact) mass is 502 g/mol. The van der Waals surface area contributed by atoms with Crippen molar-refractivity contribution in [1.82, 2.24) is 9.80 Å². The maximum absolute atomic E-state index is 12.6. The Labute approximate surface area is 211 Å². The molecule has 0 aromatic carbocycles. The predicted molar refractivity (Wildman–Crippen MR) is 137 cm³/mol. The van der Waals surface area contributed by atoms with Gasteiger partial charge in [0.15, 0.2) is 11.1 Å². The number of nitrogens with zero attached hydrogens (tertiary/aromatic N) is 6. The summed E-state index contributed by atoms with van der Waals surface area (Å²) in [5.74, 6) is 2.89. The van der Waals surface area contributed by atoms with Crippen LogP contribution in [0.5, 0.6) is 0 Å². The number of azo groups is 1. The van der Waals surface area contributed by atoms with Crippen molar-refractivity contribution in [3.8, 4) is 12.1 Å². The molecule has 8 nitrogen and oxygen atoms in total. The van der Waals surface area contributed by atoms with Crippen LogP contribution in [0, 0.1) is 22.7 Å². The highest BCUT2D eigenvalue weighted by Gasteiger charge is 2.41. The molecule has 0 aromatic heterocycles. The van der Waals surface area contributed by atoms with Crippen LogP contribution in [-0.2, 0) is 9.59 Å². The minimum atomic E-state index is -1.04. The summed E-state index contributed by atoms with van der Waals surface area (Å²) in [6, 6.07) is 4.54.